The summed E-state index contributed by atoms with van der Waals surface area (Å²) in [5.74, 6) is -3.64. The van der Waals surface area contributed by atoms with E-state index in [0.717, 1.165) is 0 Å². The Kier molecular flexibility index (Phi) is 3.35. The molecule has 1 amide bonds. The third-order valence-corrected chi connectivity index (χ3v) is 4.20. The zero-order valence-electron chi connectivity index (χ0n) is 12.4. The Morgan fingerprint density at radius 2 is 2.09 bits per heavy atom. The van der Waals surface area contributed by atoms with Crippen LogP contribution in [-0.4, -0.2) is 37.2 Å². The Morgan fingerprint density at radius 3 is 2.65 bits per heavy atom. The summed E-state index contributed by atoms with van der Waals surface area (Å²) in [6, 6.07) is 4.02. The number of anilines is 1. The molecular formula is C14H14FN5O3. The minimum atomic E-state index is -1.03. The Balaban J connectivity index is 1.82. The number of carbonyl (C=O) groups is 2. The van der Waals surface area contributed by atoms with Gasteiger partial charge in [-0.25, -0.2) is 9.07 Å². The molecule has 2 atom stereocenters. The van der Waals surface area contributed by atoms with Crippen LogP contribution in [0.1, 0.15) is 13.8 Å². The average Bonchev–Trinajstić information content (AvgIpc) is 2.86. The molecule has 3 rings (SSSR count). The van der Waals surface area contributed by atoms with Crippen molar-refractivity contribution in [1.29, 1.82) is 0 Å². The highest BCUT2D eigenvalue weighted by Gasteiger charge is 2.65. The summed E-state index contributed by atoms with van der Waals surface area (Å²) >= 11 is 0. The summed E-state index contributed by atoms with van der Waals surface area (Å²) in [4.78, 5) is 23.4. The number of tetrazole rings is 1. The molecule has 2 N–H and O–H groups in total. The number of rotatable bonds is 4. The van der Waals surface area contributed by atoms with E-state index >= 15 is 0 Å². The maximum absolute atomic E-state index is 13.9. The number of nitrogens with zero attached hydrogens (tertiary/aromatic N) is 4. The number of carboxylic acid groups (broad SMARTS) is 1. The number of aliphatic carboxylic acids is 1. The van der Waals surface area contributed by atoms with Crippen LogP contribution in [0.4, 0.5) is 10.1 Å². The van der Waals surface area contributed by atoms with Crippen molar-refractivity contribution >= 4 is 17.6 Å². The predicted molar refractivity (Wildman–Crippen MR) is 76.1 cm³/mol. The second-order valence-corrected chi connectivity index (χ2v) is 6.02. The van der Waals surface area contributed by atoms with Crippen LogP contribution in [0.2, 0.25) is 0 Å². The van der Waals surface area contributed by atoms with Crippen LogP contribution in [-0.2, 0) is 9.59 Å². The predicted octanol–water partition coefficient (Wildman–Crippen LogP) is 1.10. The molecule has 1 aliphatic rings. The van der Waals surface area contributed by atoms with Crippen LogP contribution >= 0.6 is 0 Å². The first kappa shape index (κ1) is 15.1. The van der Waals surface area contributed by atoms with E-state index in [0.29, 0.717) is 5.69 Å². The third kappa shape index (κ3) is 2.54. The van der Waals surface area contributed by atoms with Gasteiger partial charge >= 0.3 is 5.97 Å². The lowest BCUT2D eigenvalue weighted by atomic mass is 10.1. The summed E-state index contributed by atoms with van der Waals surface area (Å²) in [6.07, 6.45) is 1.34. The minimum Gasteiger partial charge on any atom is -0.481 e. The molecule has 2 aromatic rings. The Hall–Kier alpha value is -2.84. The number of carboxylic acids is 1. The SMILES string of the molecule is CC1(C)[C@@H](C(=O)O)[C@@H]1C(=O)Nc1cc(-n2cnnn2)ccc1F. The fourth-order valence-corrected chi connectivity index (χ4v) is 2.83. The fourth-order valence-electron chi connectivity index (χ4n) is 2.83. The van der Waals surface area contributed by atoms with Crippen molar-refractivity contribution in [1.82, 2.24) is 20.2 Å². The molecule has 1 aliphatic carbocycles. The standard InChI is InChI=1S/C14H14FN5O3/c1-14(2)10(11(14)13(22)23)12(21)17-9-5-7(3-4-8(9)15)20-6-16-18-19-20/h3-6,10-11H,1-2H3,(H,17,21)(H,22,23)/t10-,11-/m1/s1. The first-order chi connectivity index (χ1) is 10.8. The van der Waals surface area contributed by atoms with Crippen LogP contribution in [0.3, 0.4) is 0 Å². The minimum absolute atomic E-state index is 0.0464. The lowest BCUT2D eigenvalue weighted by Crippen LogP contribution is -2.18. The van der Waals surface area contributed by atoms with Gasteiger partial charge in [0.05, 0.1) is 23.2 Å². The molecule has 8 nitrogen and oxygen atoms in total. The van der Waals surface area contributed by atoms with Gasteiger partial charge in [0.1, 0.15) is 12.1 Å². The molecule has 1 aromatic carbocycles. The van der Waals surface area contributed by atoms with E-state index in [4.69, 9.17) is 5.11 Å². The number of hydrogen-bond donors (Lipinski definition) is 2. The summed E-state index contributed by atoms with van der Waals surface area (Å²) in [5, 5.41) is 22.2. The molecule has 0 saturated heterocycles. The van der Waals surface area contributed by atoms with Crippen molar-refractivity contribution in [2.45, 2.75) is 13.8 Å². The molecule has 23 heavy (non-hydrogen) atoms. The normalized spacial score (nSPS) is 21.7. The van der Waals surface area contributed by atoms with E-state index in [1.54, 1.807) is 13.8 Å². The Morgan fingerprint density at radius 1 is 1.35 bits per heavy atom. The van der Waals surface area contributed by atoms with E-state index in [1.165, 1.54) is 29.2 Å². The molecule has 0 radical (unpaired) electrons. The van der Waals surface area contributed by atoms with Crippen molar-refractivity contribution in [3.8, 4) is 5.69 Å². The molecule has 1 fully saturated rings. The highest BCUT2D eigenvalue weighted by atomic mass is 19.1. The van der Waals surface area contributed by atoms with Crippen molar-refractivity contribution < 1.29 is 19.1 Å². The molecule has 1 heterocycles. The number of amides is 1. The highest BCUT2D eigenvalue weighted by Crippen LogP contribution is 2.58. The second-order valence-electron chi connectivity index (χ2n) is 6.02. The topological polar surface area (TPSA) is 110 Å². The van der Waals surface area contributed by atoms with Crippen LogP contribution in [0, 0.1) is 23.1 Å². The lowest BCUT2D eigenvalue weighted by molar-refractivity contribution is -0.140. The molecule has 0 spiro atoms. The number of halogens is 1. The average molecular weight is 319 g/mol. The quantitative estimate of drug-likeness (QED) is 0.873. The zero-order chi connectivity index (χ0) is 16.8. The van der Waals surface area contributed by atoms with Crippen molar-refractivity contribution in [2.75, 3.05) is 5.32 Å². The van der Waals surface area contributed by atoms with Crippen molar-refractivity contribution in [2.24, 2.45) is 17.3 Å². The van der Waals surface area contributed by atoms with Gasteiger partial charge in [-0.1, -0.05) is 13.8 Å². The van der Waals surface area contributed by atoms with Gasteiger partial charge in [0.15, 0.2) is 0 Å². The molecule has 9 heteroatoms. The van der Waals surface area contributed by atoms with Gasteiger partial charge in [0, 0.05) is 0 Å². The molecule has 0 aliphatic heterocycles. The van der Waals surface area contributed by atoms with Gasteiger partial charge in [0.25, 0.3) is 0 Å². The molecular weight excluding hydrogens is 305 g/mol. The number of nitrogens with one attached hydrogen (secondary N) is 1. The number of carbonyl (C=O) groups excluding carboxylic acids is 1. The zero-order valence-corrected chi connectivity index (χ0v) is 12.4. The van der Waals surface area contributed by atoms with E-state index in [1.807, 2.05) is 0 Å². The number of hydrogen-bond acceptors (Lipinski definition) is 5. The molecule has 1 aromatic heterocycles. The van der Waals surface area contributed by atoms with Crippen molar-refractivity contribution in [3.05, 3.63) is 30.3 Å². The smallest absolute Gasteiger partial charge is 0.307 e. The van der Waals surface area contributed by atoms with E-state index in [2.05, 4.69) is 20.8 Å². The molecule has 1 saturated carbocycles. The maximum atomic E-state index is 13.9. The van der Waals surface area contributed by atoms with Gasteiger partial charge in [0.2, 0.25) is 5.91 Å². The lowest BCUT2D eigenvalue weighted by Gasteiger charge is -2.09. The van der Waals surface area contributed by atoms with Gasteiger partial charge in [-0.3, -0.25) is 9.59 Å². The van der Waals surface area contributed by atoms with Crippen LogP contribution < -0.4 is 5.32 Å². The van der Waals surface area contributed by atoms with Crippen molar-refractivity contribution in [3.63, 3.8) is 0 Å². The van der Waals surface area contributed by atoms with E-state index in [-0.39, 0.29) is 5.69 Å². The summed E-state index contributed by atoms with van der Waals surface area (Å²) < 4.78 is 15.2. The highest BCUT2D eigenvalue weighted by molar-refractivity contribution is 5.99. The summed E-state index contributed by atoms with van der Waals surface area (Å²) in [7, 11) is 0. The van der Waals surface area contributed by atoms with Crippen LogP contribution in [0.25, 0.3) is 5.69 Å². The first-order valence-electron chi connectivity index (χ1n) is 6.89. The van der Waals surface area contributed by atoms with Gasteiger partial charge in [-0.2, -0.15) is 0 Å². The van der Waals surface area contributed by atoms with E-state index in [9.17, 15) is 14.0 Å². The first-order valence-corrected chi connectivity index (χ1v) is 6.89. The number of benzene rings is 1. The van der Waals surface area contributed by atoms with Crippen LogP contribution in [0.15, 0.2) is 24.5 Å². The molecule has 0 unspecified atom stereocenters. The molecule has 0 bridgehead atoms. The largest absolute Gasteiger partial charge is 0.481 e. The van der Waals surface area contributed by atoms with Gasteiger partial charge in [-0.05, 0) is 34.0 Å². The Labute approximate surface area is 130 Å². The second kappa shape index (κ2) is 5.11. The Bertz CT molecular complexity index is 775. The maximum Gasteiger partial charge on any atom is 0.307 e. The number of aromatic nitrogens is 4. The molecule has 120 valence electrons. The van der Waals surface area contributed by atoms with Gasteiger partial charge in [-0.15, -0.1) is 5.10 Å². The summed E-state index contributed by atoms with van der Waals surface area (Å²) in [5.41, 5.74) is -0.230. The van der Waals surface area contributed by atoms with Gasteiger partial charge < -0.3 is 10.4 Å². The third-order valence-electron chi connectivity index (χ3n) is 4.20. The van der Waals surface area contributed by atoms with E-state index < -0.39 is 34.9 Å². The van der Waals surface area contributed by atoms with Crippen LogP contribution in [0.5, 0.6) is 0 Å². The summed E-state index contributed by atoms with van der Waals surface area (Å²) in [6.45, 7) is 3.40. The fraction of sp³-hybridized carbons (Fsp3) is 0.357. The monoisotopic (exact) mass is 319 g/mol.